The maximum Gasteiger partial charge on any atom is 0.416 e. The molecule has 2 fully saturated rings. The van der Waals surface area contributed by atoms with Crippen LogP contribution in [0.2, 0.25) is 10.2 Å². The number of fused-ring (bicyclic) bond motifs is 2. The van der Waals surface area contributed by atoms with E-state index >= 15 is 0 Å². The number of ether oxygens (including phenoxy) is 1. The van der Waals surface area contributed by atoms with Gasteiger partial charge in [-0.05, 0) is 43.0 Å². The summed E-state index contributed by atoms with van der Waals surface area (Å²) in [6.45, 7) is 1.53. The maximum atomic E-state index is 13.2. The van der Waals surface area contributed by atoms with Crippen molar-refractivity contribution in [3.63, 3.8) is 0 Å². The molecule has 2 atom stereocenters. The van der Waals surface area contributed by atoms with Crippen molar-refractivity contribution in [2.45, 2.75) is 44.1 Å². The first-order valence-corrected chi connectivity index (χ1v) is 12.8. The molecule has 0 N–H and O–H groups in total. The lowest BCUT2D eigenvalue weighted by molar-refractivity contribution is -0.137. The summed E-state index contributed by atoms with van der Waals surface area (Å²) < 4.78 is 47.6. The SMILES string of the molecule is FC(F)(F)c1ccc(Cn2c(N3CCO[C@H]4CCC[C@@H]43)nc3cc(Cl)nc(-c4cncc(Cl)c4)c32)cc1. The highest BCUT2D eigenvalue weighted by Gasteiger charge is 2.38. The van der Waals surface area contributed by atoms with Crippen molar-refractivity contribution in [2.75, 3.05) is 18.1 Å². The summed E-state index contributed by atoms with van der Waals surface area (Å²) in [7, 11) is 0. The number of hydrogen-bond acceptors (Lipinski definition) is 5. The molecular formula is C26H22Cl2F3N5O. The number of alkyl halides is 3. The molecule has 1 saturated carbocycles. The van der Waals surface area contributed by atoms with Gasteiger partial charge in [-0.3, -0.25) is 4.98 Å². The van der Waals surface area contributed by atoms with E-state index in [1.807, 2.05) is 4.57 Å². The highest BCUT2D eigenvalue weighted by Crippen LogP contribution is 2.38. The third kappa shape index (κ3) is 4.64. The summed E-state index contributed by atoms with van der Waals surface area (Å²) in [6, 6.07) is 8.85. The zero-order chi connectivity index (χ0) is 25.7. The zero-order valence-electron chi connectivity index (χ0n) is 19.6. The number of imidazole rings is 1. The molecule has 11 heteroatoms. The molecule has 3 aromatic heterocycles. The van der Waals surface area contributed by atoms with Crippen LogP contribution >= 0.6 is 23.2 Å². The van der Waals surface area contributed by atoms with Crippen LogP contribution in [-0.2, 0) is 17.5 Å². The molecule has 1 aliphatic carbocycles. The second-order valence-corrected chi connectivity index (χ2v) is 10.2. The minimum absolute atomic E-state index is 0.131. The Bertz CT molecular complexity index is 1460. The van der Waals surface area contributed by atoms with Crippen LogP contribution in [0, 0.1) is 0 Å². The monoisotopic (exact) mass is 547 g/mol. The Morgan fingerprint density at radius 2 is 1.84 bits per heavy atom. The quantitative estimate of drug-likeness (QED) is 0.268. The van der Waals surface area contributed by atoms with Crippen LogP contribution in [0.3, 0.4) is 0 Å². The minimum atomic E-state index is -4.40. The molecule has 1 saturated heterocycles. The van der Waals surface area contributed by atoms with Gasteiger partial charge in [0.15, 0.2) is 0 Å². The second-order valence-electron chi connectivity index (χ2n) is 9.35. The van der Waals surface area contributed by atoms with Crippen LogP contribution in [0.1, 0.15) is 30.4 Å². The van der Waals surface area contributed by atoms with Gasteiger partial charge in [-0.2, -0.15) is 13.2 Å². The third-order valence-corrected chi connectivity index (χ3v) is 7.41. The number of anilines is 1. The molecular weight excluding hydrogens is 526 g/mol. The maximum absolute atomic E-state index is 13.2. The second kappa shape index (κ2) is 9.45. The van der Waals surface area contributed by atoms with Crippen LogP contribution in [0.4, 0.5) is 19.1 Å². The molecule has 4 aromatic rings. The number of hydrogen-bond donors (Lipinski definition) is 0. The molecule has 4 heterocycles. The standard InChI is InChI=1S/C26H22Cl2F3N5O/c27-18-10-16(12-32-13-18)23-24-19(11-22(28)34-23)33-25(35-8-9-37-21-3-1-2-20(21)35)36(24)14-15-4-6-17(7-5-15)26(29,30)31/h4-7,10-13,20-21H,1-3,8-9,14H2/t20-,21-/m0/s1. The molecule has 1 aromatic carbocycles. The number of aromatic nitrogens is 4. The molecule has 0 spiro atoms. The van der Waals surface area contributed by atoms with E-state index in [1.165, 1.54) is 18.3 Å². The highest BCUT2D eigenvalue weighted by atomic mass is 35.5. The average molecular weight is 548 g/mol. The Hall–Kier alpha value is -2.88. The molecule has 37 heavy (non-hydrogen) atoms. The van der Waals surface area contributed by atoms with Crippen molar-refractivity contribution in [2.24, 2.45) is 0 Å². The summed E-state index contributed by atoms with van der Waals surface area (Å²) >= 11 is 12.7. The van der Waals surface area contributed by atoms with Gasteiger partial charge in [-0.15, -0.1) is 0 Å². The lowest BCUT2D eigenvalue weighted by atomic mass is 10.1. The molecule has 0 radical (unpaired) electrons. The van der Waals surface area contributed by atoms with Crippen molar-refractivity contribution < 1.29 is 17.9 Å². The summed E-state index contributed by atoms with van der Waals surface area (Å²) in [5.74, 6) is 0.718. The first-order chi connectivity index (χ1) is 17.8. The Morgan fingerprint density at radius 3 is 2.59 bits per heavy atom. The van der Waals surface area contributed by atoms with E-state index in [0.29, 0.717) is 52.6 Å². The van der Waals surface area contributed by atoms with E-state index in [0.717, 1.165) is 37.3 Å². The summed E-state index contributed by atoms with van der Waals surface area (Å²) in [6.07, 6.45) is 1.96. The normalized spacial score (nSPS) is 20.0. The highest BCUT2D eigenvalue weighted by molar-refractivity contribution is 6.31. The molecule has 6 rings (SSSR count). The van der Waals surface area contributed by atoms with Gasteiger partial charge in [0.2, 0.25) is 5.95 Å². The van der Waals surface area contributed by atoms with E-state index in [2.05, 4.69) is 14.9 Å². The molecule has 0 bridgehead atoms. The summed E-state index contributed by atoms with van der Waals surface area (Å²) in [5.41, 5.74) is 2.59. The average Bonchev–Trinajstić information content (AvgIpc) is 3.48. The van der Waals surface area contributed by atoms with Gasteiger partial charge >= 0.3 is 6.18 Å². The van der Waals surface area contributed by atoms with Crippen molar-refractivity contribution in [3.05, 3.63) is 70.1 Å². The zero-order valence-corrected chi connectivity index (χ0v) is 21.1. The van der Waals surface area contributed by atoms with Gasteiger partial charge in [-0.1, -0.05) is 35.3 Å². The largest absolute Gasteiger partial charge is 0.416 e. The van der Waals surface area contributed by atoms with Crippen LogP contribution in [0.15, 0.2) is 48.8 Å². The first-order valence-electron chi connectivity index (χ1n) is 12.0. The summed E-state index contributed by atoms with van der Waals surface area (Å²) in [5, 5.41) is 0.720. The van der Waals surface area contributed by atoms with Gasteiger partial charge in [0.05, 0.1) is 52.6 Å². The van der Waals surface area contributed by atoms with E-state index < -0.39 is 11.7 Å². The van der Waals surface area contributed by atoms with Crippen molar-refractivity contribution in [1.29, 1.82) is 0 Å². The molecule has 6 nitrogen and oxygen atoms in total. The van der Waals surface area contributed by atoms with Crippen LogP contribution in [0.25, 0.3) is 22.3 Å². The fraction of sp³-hybridized carbons (Fsp3) is 0.346. The Kier molecular flexibility index (Phi) is 6.25. The molecule has 0 unspecified atom stereocenters. The molecule has 2 aliphatic rings. The van der Waals surface area contributed by atoms with Gasteiger partial charge in [0.25, 0.3) is 0 Å². The number of pyridine rings is 2. The first kappa shape index (κ1) is 24.5. The Balaban J connectivity index is 1.53. The van der Waals surface area contributed by atoms with Gasteiger partial charge in [-0.25, -0.2) is 9.97 Å². The topological polar surface area (TPSA) is 56.1 Å². The third-order valence-electron chi connectivity index (χ3n) is 7.01. The molecule has 1 aliphatic heterocycles. The number of rotatable bonds is 4. The smallest absolute Gasteiger partial charge is 0.374 e. The van der Waals surface area contributed by atoms with Crippen LogP contribution in [-0.4, -0.2) is 44.8 Å². The van der Waals surface area contributed by atoms with Crippen molar-refractivity contribution in [3.8, 4) is 11.3 Å². The molecule has 192 valence electrons. The van der Waals surface area contributed by atoms with Crippen molar-refractivity contribution in [1.82, 2.24) is 19.5 Å². The van der Waals surface area contributed by atoms with Gasteiger partial charge < -0.3 is 14.2 Å². The van der Waals surface area contributed by atoms with E-state index in [-0.39, 0.29) is 17.3 Å². The fourth-order valence-electron chi connectivity index (χ4n) is 5.38. The molecule has 0 amide bonds. The number of halogens is 5. The number of morpholine rings is 1. The number of benzene rings is 1. The summed E-state index contributed by atoms with van der Waals surface area (Å²) in [4.78, 5) is 16.1. The van der Waals surface area contributed by atoms with Crippen LogP contribution < -0.4 is 4.90 Å². The number of nitrogens with zero attached hydrogens (tertiary/aromatic N) is 5. The predicted octanol–water partition coefficient (Wildman–Crippen LogP) is 6.62. The van der Waals surface area contributed by atoms with Crippen molar-refractivity contribution >= 4 is 40.2 Å². The minimum Gasteiger partial charge on any atom is -0.374 e. The van der Waals surface area contributed by atoms with Gasteiger partial charge in [0.1, 0.15) is 5.15 Å². The fourth-order valence-corrected chi connectivity index (χ4v) is 5.74. The Morgan fingerprint density at radius 1 is 1.03 bits per heavy atom. The Labute approximate surface area is 221 Å². The van der Waals surface area contributed by atoms with E-state index in [9.17, 15) is 13.2 Å². The lowest BCUT2D eigenvalue weighted by Gasteiger charge is -2.38. The van der Waals surface area contributed by atoms with E-state index in [1.54, 1.807) is 18.3 Å². The predicted molar refractivity (Wildman–Crippen MR) is 136 cm³/mol. The lowest BCUT2D eigenvalue weighted by Crippen LogP contribution is -2.49. The van der Waals surface area contributed by atoms with Gasteiger partial charge in [0, 0.05) is 30.6 Å². The van der Waals surface area contributed by atoms with Crippen LogP contribution in [0.5, 0.6) is 0 Å². The van der Waals surface area contributed by atoms with E-state index in [4.69, 9.17) is 32.9 Å².